The third kappa shape index (κ3) is 5.52. The van der Waals surface area contributed by atoms with Crippen LogP contribution in [0.1, 0.15) is 47.5 Å². The number of halogens is 3. The van der Waals surface area contributed by atoms with Crippen LogP contribution in [0.25, 0.3) is 0 Å². The van der Waals surface area contributed by atoms with E-state index < -0.39 is 29.3 Å². The predicted octanol–water partition coefficient (Wildman–Crippen LogP) is 3.12. The summed E-state index contributed by atoms with van der Waals surface area (Å²) < 4.78 is 44.7. The highest BCUT2D eigenvalue weighted by Gasteiger charge is 2.48. The Morgan fingerprint density at radius 1 is 0.964 bits per heavy atom. The molecule has 2 rings (SSSR count). The summed E-state index contributed by atoms with van der Waals surface area (Å²) in [6.45, 7) is 9.63. The van der Waals surface area contributed by atoms with Gasteiger partial charge >= 0.3 is 12.3 Å². The Morgan fingerprint density at radius 3 is 2.04 bits per heavy atom. The summed E-state index contributed by atoms with van der Waals surface area (Å²) >= 11 is 0. The number of hydrogen-bond donors (Lipinski definition) is 0. The van der Waals surface area contributed by atoms with Gasteiger partial charge in [-0.2, -0.15) is 13.2 Å². The summed E-state index contributed by atoms with van der Waals surface area (Å²) in [5, 5.41) is 0. The third-order valence-corrected chi connectivity index (χ3v) is 5.24. The van der Waals surface area contributed by atoms with Crippen molar-refractivity contribution >= 4 is 12.0 Å². The lowest BCUT2D eigenvalue weighted by molar-refractivity contribution is -0.217. The van der Waals surface area contributed by atoms with Crippen LogP contribution in [0, 0.1) is 5.41 Å². The van der Waals surface area contributed by atoms with Gasteiger partial charge in [-0.1, -0.05) is 0 Å². The van der Waals surface area contributed by atoms with Crippen molar-refractivity contribution in [3.05, 3.63) is 0 Å². The van der Waals surface area contributed by atoms with E-state index in [4.69, 9.17) is 4.74 Å². The molecule has 0 saturated carbocycles. The zero-order valence-corrected chi connectivity index (χ0v) is 17.4. The molecule has 0 radical (unpaired) electrons. The van der Waals surface area contributed by atoms with Crippen LogP contribution in [0.4, 0.5) is 18.0 Å². The summed E-state index contributed by atoms with van der Waals surface area (Å²) in [5.74, 6) is -0.141. The van der Waals surface area contributed by atoms with Crippen LogP contribution in [-0.2, 0) is 9.53 Å². The molecule has 2 amide bonds. The number of amides is 2. The molecule has 0 N–H and O–H groups in total. The molecule has 2 saturated heterocycles. The van der Waals surface area contributed by atoms with Crippen LogP contribution in [0.3, 0.4) is 0 Å². The number of hydrogen-bond acceptors (Lipinski definition) is 4. The highest BCUT2D eigenvalue weighted by Crippen LogP contribution is 2.38. The van der Waals surface area contributed by atoms with E-state index in [1.54, 1.807) is 30.6 Å². The maximum atomic E-state index is 13.1. The number of nitrogens with zero attached hydrogens (tertiary/aromatic N) is 3. The molecule has 0 aromatic carbocycles. The molecule has 0 spiro atoms. The van der Waals surface area contributed by atoms with Crippen molar-refractivity contribution in [1.29, 1.82) is 0 Å². The molecule has 28 heavy (non-hydrogen) atoms. The molecule has 2 aliphatic heterocycles. The first-order valence-electron chi connectivity index (χ1n) is 9.79. The zero-order valence-electron chi connectivity index (χ0n) is 17.4. The number of rotatable bonds is 3. The molecule has 1 unspecified atom stereocenters. The number of ether oxygens (including phenoxy) is 1. The number of likely N-dealkylation sites (tertiary alicyclic amines) is 1. The van der Waals surface area contributed by atoms with Crippen molar-refractivity contribution in [2.75, 3.05) is 39.3 Å². The molecule has 162 valence electrons. The van der Waals surface area contributed by atoms with Gasteiger partial charge in [0.1, 0.15) is 11.6 Å². The number of alkyl halides is 3. The van der Waals surface area contributed by atoms with Crippen LogP contribution in [0.5, 0.6) is 0 Å². The summed E-state index contributed by atoms with van der Waals surface area (Å²) in [7, 11) is 0. The van der Waals surface area contributed by atoms with Crippen LogP contribution < -0.4 is 0 Å². The molecular formula is C19H32F3N3O3. The Morgan fingerprint density at radius 2 is 1.54 bits per heavy atom. The lowest BCUT2D eigenvalue weighted by Gasteiger charge is -2.40. The Hall–Kier alpha value is -1.51. The molecule has 2 aliphatic rings. The average molecular weight is 407 g/mol. The van der Waals surface area contributed by atoms with E-state index in [0.717, 1.165) is 6.42 Å². The fourth-order valence-electron chi connectivity index (χ4n) is 3.55. The summed E-state index contributed by atoms with van der Waals surface area (Å²) in [4.78, 5) is 30.2. The van der Waals surface area contributed by atoms with Crippen molar-refractivity contribution < 1.29 is 27.5 Å². The SMILES string of the molecule is CC(C)(C)OC(=O)N1CCCC1C(=O)N1CCN(CC(C)(C)C(F)(F)F)CC1. The Kier molecular flexibility index (Phi) is 6.57. The van der Waals surface area contributed by atoms with E-state index in [1.165, 1.54) is 18.7 Å². The third-order valence-electron chi connectivity index (χ3n) is 5.24. The number of carbonyl (C=O) groups is 2. The molecule has 9 heteroatoms. The maximum Gasteiger partial charge on any atom is 0.410 e. The van der Waals surface area contributed by atoms with Gasteiger partial charge in [0.05, 0.1) is 5.41 Å². The fourth-order valence-corrected chi connectivity index (χ4v) is 3.55. The maximum absolute atomic E-state index is 13.1. The van der Waals surface area contributed by atoms with Gasteiger partial charge in [0, 0.05) is 39.3 Å². The van der Waals surface area contributed by atoms with E-state index in [9.17, 15) is 22.8 Å². The first-order chi connectivity index (χ1) is 12.7. The number of carbonyl (C=O) groups excluding carboxylic acids is 2. The van der Waals surface area contributed by atoms with Crippen molar-refractivity contribution in [1.82, 2.24) is 14.7 Å². The topological polar surface area (TPSA) is 53.1 Å². The second-order valence-corrected chi connectivity index (χ2v) is 9.31. The minimum Gasteiger partial charge on any atom is -0.444 e. The van der Waals surface area contributed by atoms with E-state index in [-0.39, 0.29) is 12.5 Å². The molecule has 2 fully saturated rings. The predicted molar refractivity (Wildman–Crippen MR) is 98.8 cm³/mol. The first-order valence-corrected chi connectivity index (χ1v) is 9.79. The Balaban J connectivity index is 1.91. The fraction of sp³-hybridized carbons (Fsp3) is 0.895. The lowest BCUT2D eigenvalue weighted by Crippen LogP contribution is -2.56. The van der Waals surface area contributed by atoms with Gasteiger partial charge in [-0.3, -0.25) is 14.6 Å². The van der Waals surface area contributed by atoms with Crippen LogP contribution >= 0.6 is 0 Å². The van der Waals surface area contributed by atoms with Crippen molar-refractivity contribution in [3.8, 4) is 0 Å². The van der Waals surface area contributed by atoms with E-state index in [0.29, 0.717) is 39.1 Å². The smallest absolute Gasteiger partial charge is 0.410 e. The average Bonchev–Trinajstić information content (AvgIpc) is 3.01. The Bertz CT molecular complexity index is 579. The van der Waals surface area contributed by atoms with Gasteiger partial charge in [-0.05, 0) is 47.5 Å². The van der Waals surface area contributed by atoms with E-state index in [1.807, 2.05) is 0 Å². The Labute approximate surface area is 165 Å². The molecule has 0 aromatic rings. The second-order valence-electron chi connectivity index (χ2n) is 9.31. The summed E-state index contributed by atoms with van der Waals surface area (Å²) in [6.07, 6.45) is -3.44. The number of piperazine rings is 1. The van der Waals surface area contributed by atoms with Crippen LogP contribution in [0.2, 0.25) is 0 Å². The van der Waals surface area contributed by atoms with Crippen LogP contribution in [-0.4, -0.2) is 83.8 Å². The van der Waals surface area contributed by atoms with Crippen molar-refractivity contribution in [2.45, 2.75) is 65.3 Å². The molecule has 6 nitrogen and oxygen atoms in total. The summed E-state index contributed by atoms with van der Waals surface area (Å²) in [5.41, 5.74) is -2.43. The van der Waals surface area contributed by atoms with Crippen LogP contribution in [0.15, 0.2) is 0 Å². The van der Waals surface area contributed by atoms with E-state index in [2.05, 4.69) is 0 Å². The highest BCUT2D eigenvalue weighted by molar-refractivity contribution is 5.86. The molecule has 2 heterocycles. The molecule has 0 bridgehead atoms. The minimum absolute atomic E-state index is 0.0913. The van der Waals surface area contributed by atoms with Gasteiger partial charge < -0.3 is 9.64 Å². The quantitative estimate of drug-likeness (QED) is 0.721. The zero-order chi connectivity index (χ0) is 21.3. The van der Waals surface area contributed by atoms with Gasteiger partial charge in [0.25, 0.3) is 0 Å². The lowest BCUT2D eigenvalue weighted by atomic mass is 9.91. The second kappa shape index (κ2) is 8.08. The standard InChI is InChI=1S/C19H32F3N3O3/c1-17(2,3)28-16(27)25-8-6-7-14(25)15(26)24-11-9-23(10-12-24)13-18(4,5)19(20,21)22/h14H,6-13H2,1-5H3. The van der Waals surface area contributed by atoms with Crippen molar-refractivity contribution in [2.24, 2.45) is 5.41 Å². The van der Waals surface area contributed by atoms with E-state index >= 15 is 0 Å². The van der Waals surface area contributed by atoms with Gasteiger partial charge in [-0.15, -0.1) is 0 Å². The normalized spacial score (nSPS) is 22.5. The monoisotopic (exact) mass is 407 g/mol. The van der Waals surface area contributed by atoms with Crippen molar-refractivity contribution in [3.63, 3.8) is 0 Å². The molecular weight excluding hydrogens is 375 g/mol. The minimum atomic E-state index is -4.27. The molecule has 1 atom stereocenters. The molecule has 0 aliphatic carbocycles. The van der Waals surface area contributed by atoms with Gasteiger partial charge in [0.2, 0.25) is 5.91 Å². The van der Waals surface area contributed by atoms with Gasteiger partial charge in [-0.25, -0.2) is 4.79 Å². The first kappa shape index (κ1) is 22.8. The largest absolute Gasteiger partial charge is 0.444 e. The summed E-state index contributed by atoms with van der Waals surface area (Å²) in [6, 6.07) is -0.548. The van der Waals surface area contributed by atoms with Gasteiger partial charge in [0.15, 0.2) is 0 Å². The molecule has 0 aromatic heterocycles. The highest BCUT2D eigenvalue weighted by atomic mass is 19.4.